The number of amides is 1. The van der Waals surface area contributed by atoms with Crippen LogP contribution in [0, 0.1) is 0 Å². The predicted octanol–water partition coefficient (Wildman–Crippen LogP) is 1.63. The number of sulfonamides is 1. The van der Waals surface area contributed by atoms with Gasteiger partial charge in [0, 0.05) is 44.1 Å². The third-order valence-corrected chi connectivity index (χ3v) is 5.94. The fraction of sp³-hybridized carbons (Fsp3) is 0.562. The number of carbonyl (C=O) groups is 1. The second-order valence-corrected chi connectivity index (χ2v) is 8.07. The quantitative estimate of drug-likeness (QED) is 0.869. The molecule has 2 aliphatic rings. The fourth-order valence-electron chi connectivity index (χ4n) is 2.93. The second kappa shape index (κ2) is 6.97. The van der Waals surface area contributed by atoms with E-state index in [9.17, 15) is 22.0 Å². The molecular formula is C16H20F2N2O4S. The molecule has 0 aromatic heterocycles. The maximum Gasteiger partial charge on any atom is 0.253 e. The molecule has 2 aliphatic heterocycles. The Morgan fingerprint density at radius 3 is 2.64 bits per heavy atom. The lowest BCUT2D eigenvalue weighted by Gasteiger charge is -2.31. The molecule has 0 radical (unpaired) electrons. The summed E-state index contributed by atoms with van der Waals surface area (Å²) in [7, 11) is -3.77. The van der Waals surface area contributed by atoms with Crippen LogP contribution in [0.15, 0.2) is 29.2 Å². The van der Waals surface area contributed by atoms with Crippen molar-refractivity contribution in [3.05, 3.63) is 29.8 Å². The summed E-state index contributed by atoms with van der Waals surface area (Å²) < 4.78 is 59.0. The first kappa shape index (κ1) is 18.2. The van der Waals surface area contributed by atoms with E-state index >= 15 is 0 Å². The molecule has 2 fully saturated rings. The van der Waals surface area contributed by atoms with Crippen LogP contribution in [0.2, 0.25) is 0 Å². The largest absolute Gasteiger partial charge is 0.380 e. The summed E-state index contributed by atoms with van der Waals surface area (Å²) in [4.78, 5) is 13.8. The van der Waals surface area contributed by atoms with Gasteiger partial charge in [-0.1, -0.05) is 6.07 Å². The Labute approximate surface area is 145 Å². The van der Waals surface area contributed by atoms with Crippen molar-refractivity contribution in [2.45, 2.75) is 36.1 Å². The molecule has 138 valence electrons. The minimum Gasteiger partial charge on any atom is -0.380 e. The van der Waals surface area contributed by atoms with Gasteiger partial charge in [0.1, 0.15) is 0 Å². The zero-order valence-corrected chi connectivity index (χ0v) is 14.4. The third kappa shape index (κ3) is 4.34. The molecule has 1 amide bonds. The van der Waals surface area contributed by atoms with Gasteiger partial charge in [-0.25, -0.2) is 21.9 Å². The van der Waals surface area contributed by atoms with E-state index in [1.165, 1.54) is 29.2 Å². The Bertz CT molecular complexity index is 738. The topological polar surface area (TPSA) is 75.7 Å². The van der Waals surface area contributed by atoms with Crippen molar-refractivity contribution in [3.8, 4) is 0 Å². The number of likely N-dealkylation sites (tertiary alicyclic amines) is 1. The van der Waals surface area contributed by atoms with Gasteiger partial charge in [-0.2, -0.15) is 0 Å². The van der Waals surface area contributed by atoms with Crippen molar-refractivity contribution < 1.29 is 26.7 Å². The highest BCUT2D eigenvalue weighted by atomic mass is 32.2. The molecule has 0 spiro atoms. The number of rotatable bonds is 4. The Morgan fingerprint density at radius 1 is 1.28 bits per heavy atom. The molecule has 9 heteroatoms. The monoisotopic (exact) mass is 374 g/mol. The molecular weight excluding hydrogens is 354 g/mol. The molecule has 0 saturated carbocycles. The van der Waals surface area contributed by atoms with E-state index in [0.29, 0.717) is 19.6 Å². The highest BCUT2D eigenvalue weighted by Gasteiger charge is 2.36. The standard InChI is InChI=1S/C16H20F2N2O4S/c17-16(18)5-7-20(8-6-16)15(21)12-2-1-3-14(10-12)25(22,23)19-13-4-9-24-11-13/h1-3,10,13,19H,4-9,11H2. The van der Waals surface area contributed by atoms with Crippen molar-refractivity contribution >= 4 is 15.9 Å². The summed E-state index contributed by atoms with van der Waals surface area (Å²) in [5, 5.41) is 0. The normalized spacial score (nSPS) is 23.6. The summed E-state index contributed by atoms with van der Waals surface area (Å²) in [6.45, 7) is 0.742. The Kier molecular flexibility index (Phi) is 5.08. The number of ether oxygens (including phenoxy) is 1. The van der Waals surface area contributed by atoms with Crippen molar-refractivity contribution in [1.82, 2.24) is 9.62 Å². The maximum absolute atomic E-state index is 13.2. The Balaban J connectivity index is 1.73. The van der Waals surface area contributed by atoms with Crippen molar-refractivity contribution in [3.63, 3.8) is 0 Å². The number of nitrogens with one attached hydrogen (secondary N) is 1. The minimum absolute atomic E-state index is 0.0208. The van der Waals surface area contributed by atoms with Crippen molar-refractivity contribution in [2.24, 2.45) is 0 Å². The Hall–Kier alpha value is -1.58. The van der Waals surface area contributed by atoms with Crippen LogP contribution in [0.3, 0.4) is 0 Å². The van der Waals surface area contributed by atoms with Crippen LogP contribution >= 0.6 is 0 Å². The number of benzene rings is 1. The first-order valence-electron chi connectivity index (χ1n) is 8.14. The Morgan fingerprint density at radius 2 is 2.00 bits per heavy atom. The maximum atomic E-state index is 13.2. The van der Waals surface area contributed by atoms with Gasteiger partial charge in [0.05, 0.1) is 11.5 Å². The highest BCUT2D eigenvalue weighted by Crippen LogP contribution is 2.28. The fourth-order valence-corrected chi connectivity index (χ4v) is 4.23. The highest BCUT2D eigenvalue weighted by molar-refractivity contribution is 7.89. The molecule has 6 nitrogen and oxygen atoms in total. The molecule has 25 heavy (non-hydrogen) atoms. The van der Waals surface area contributed by atoms with Gasteiger partial charge in [-0.05, 0) is 24.6 Å². The molecule has 1 unspecified atom stereocenters. The summed E-state index contributed by atoms with van der Waals surface area (Å²) in [6, 6.07) is 5.37. The van der Waals surface area contributed by atoms with Gasteiger partial charge in [-0.3, -0.25) is 4.79 Å². The van der Waals surface area contributed by atoms with E-state index in [2.05, 4.69) is 4.72 Å². The smallest absolute Gasteiger partial charge is 0.253 e. The van der Waals surface area contributed by atoms with E-state index < -0.39 is 21.9 Å². The van der Waals surface area contributed by atoms with Gasteiger partial charge in [0.15, 0.2) is 0 Å². The molecule has 3 rings (SSSR count). The van der Waals surface area contributed by atoms with Gasteiger partial charge >= 0.3 is 0 Å². The molecule has 1 atom stereocenters. The molecule has 2 saturated heterocycles. The van der Waals surface area contributed by atoms with Crippen LogP contribution in [-0.4, -0.2) is 57.5 Å². The van der Waals surface area contributed by atoms with Gasteiger partial charge in [0.25, 0.3) is 11.8 Å². The number of nitrogens with zero attached hydrogens (tertiary/aromatic N) is 1. The first-order chi connectivity index (χ1) is 11.8. The predicted molar refractivity (Wildman–Crippen MR) is 86.1 cm³/mol. The number of halogens is 2. The van der Waals surface area contributed by atoms with Gasteiger partial charge in [0.2, 0.25) is 10.0 Å². The van der Waals surface area contributed by atoms with Crippen LogP contribution < -0.4 is 4.72 Å². The molecule has 2 heterocycles. The number of alkyl halides is 2. The molecule has 0 bridgehead atoms. The average molecular weight is 374 g/mol. The van der Waals surface area contributed by atoms with Crippen molar-refractivity contribution in [2.75, 3.05) is 26.3 Å². The second-order valence-electron chi connectivity index (χ2n) is 6.36. The molecule has 0 aliphatic carbocycles. The van der Waals surface area contributed by atoms with Gasteiger partial charge in [-0.15, -0.1) is 0 Å². The summed E-state index contributed by atoms with van der Waals surface area (Å²) in [6.07, 6.45) is -0.153. The number of hydrogen-bond acceptors (Lipinski definition) is 4. The number of carbonyl (C=O) groups excluding carboxylic acids is 1. The van der Waals surface area contributed by atoms with Crippen molar-refractivity contribution in [1.29, 1.82) is 0 Å². The summed E-state index contributed by atoms with van der Waals surface area (Å²) in [5.41, 5.74) is 0.177. The van der Waals surface area contributed by atoms with E-state index in [4.69, 9.17) is 4.74 Å². The minimum atomic E-state index is -3.77. The third-order valence-electron chi connectivity index (χ3n) is 4.42. The van der Waals surface area contributed by atoms with E-state index in [0.717, 1.165) is 0 Å². The molecule has 1 aromatic carbocycles. The zero-order valence-electron chi connectivity index (χ0n) is 13.6. The van der Waals surface area contributed by atoms with E-state index in [1.807, 2.05) is 0 Å². The SMILES string of the molecule is O=C(c1cccc(S(=O)(=O)NC2CCOC2)c1)N1CCC(F)(F)CC1. The van der Waals surface area contributed by atoms with Crippen LogP contribution in [0.4, 0.5) is 8.78 Å². The average Bonchev–Trinajstić information content (AvgIpc) is 3.06. The lowest BCUT2D eigenvalue weighted by atomic mass is 10.1. The molecule has 1 aromatic rings. The van der Waals surface area contributed by atoms with Crippen LogP contribution in [0.1, 0.15) is 29.6 Å². The summed E-state index contributed by atoms with van der Waals surface area (Å²) in [5.74, 6) is -3.17. The van der Waals surface area contributed by atoms with Crippen LogP contribution in [0.25, 0.3) is 0 Å². The lowest BCUT2D eigenvalue weighted by molar-refractivity contribution is -0.0494. The summed E-state index contributed by atoms with van der Waals surface area (Å²) >= 11 is 0. The molecule has 1 N–H and O–H groups in total. The number of hydrogen-bond donors (Lipinski definition) is 1. The number of piperidine rings is 1. The van der Waals surface area contributed by atoms with E-state index in [1.54, 1.807) is 0 Å². The van der Waals surface area contributed by atoms with E-state index in [-0.39, 0.29) is 42.4 Å². The zero-order chi connectivity index (χ0) is 18.1. The lowest BCUT2D eigenvalue weighted by Crippen LogP contribution is -2.42. The van der Waals surface area contributed by atoms with Crippen LogP contribution in [0.5, 0.6) is 0 Å². The van der Waals surface area contributed by atoms with Gasteiger partial charge < -0.3 is 9.64 Å². The van der Waals surface area contributed by atoms with Crippen LogP contribution in [-0.2, 0) is 14.8 Å². The first-order valence-corrected chi connectivity index (χ1v) is 9.62.